The maximum Gasteiger partial charge on any atom is 0.323 e. The van der Waals surface area contributed by atoms with Crippen LogP contribution in [0.4, 0.5) is 0 Å². The fourth-order valence-corrected chi connectivity index (χ4v) is 2.36. The van der Waals surface area contributed by atoms with Crippen LogP contribution < -0.4 is 14.9 Å². The average Bonchev–Trinajstić information content (AvgIpc) is 2.70. The maximum absolute atomic E-state index is 12.5. The molecule has 5 nitrogen and oxygen atoms in total. The van der Waals surface area contributed by atoms with Gasteiger partial charge in [0.25, 0.3) is 0 Å². The van der Waals surface area contributed by atoms with Gasteiger partial charge in [-0.25, -0.2) is 5.43 Å². The molecule has 0 bridgehead atoms. The third-order valence-corrected chi connectivity index (χ3v) is 3.81. The molecule has 0 saturated carbocycles. The number of para-hydroxylation sites is 2. The summed E-state index contributed by atoms with van der Waals surface area (Å²) >= 11 is 6.06. The van der Waals surface area contributed by atoms with Crippen molar-refractivity contribution < 1.29 is 14.3 Å². The van der Waals surface area contributed by atoms with Crippen LogP contribution in [0.15, 0.2) is 90.0 Å². The van der Waals surface area contributed by atoms with Gasteiger partial charge in [-0.2, -0.15) is 5.10 Å². The summed E-state index contributed by atoms with van der Waals surface area (Å²) in [6.07, 6.45) is 0.251. The average molecular weight is 381 g/mol. The number of hydrazone groups is 1. The molecule has 6 heteroatoms. The Labute approximate surface area is 162 Å². The Morgan fingerprint density at radius 1 is 0.852 bits per heavy atom. The molecular formula is C21H17ClN2O3. The lowest BCUT2D eigenvalue weighted by Gasteiger charge is -2.18. The van der Waals surface area contributed by atoms with Crippen LogP contribution in [0.25, 0.3) is 0 Å². The summed E-state index contributed by atoms with van der Waals surface area (Å²) in [6, 6.07) is 25.1. The van der Waals surface area contributed by atoms with E-state index in [1.165, 1.54) is 6.21 Å². The number of amides is 1. The van der Waals surface area contributed by atoms with Crippen molar-refractivity contribution in [2.45, 2.75) is 6.29 Å². The van der Waals surface area contributed by atoms with Crippen molar-refractivity contribution in [3.8, 4) is 11.5 Å². The summed E-state index contributed by atoms with van der Waals surface area (Å²) in [5.74, 6) is 0.457. The van der Waals surface area contributed by atoms with Crippen LogP contribution in [0.2, 0.25) is 5.02 Å². The van der Waals surface area contributed by atoms with Crippen molar-refractivity contribution in [2.24, 2.45) is 5.10 Å². The van der Waals surface area contributed by atoms with E-state index in [0.717, 1.165) is 0 Å². The van der Waals surface area contributed by atoms with E-state index in [-0.39, 0.29) is 0 Å². The van der Waals surface area contributed by atoms with Crippen LogP contribution in [0.3, 0.4) is 0 Å². The normalized spacial score (nSPS) is 10.7. The quantitative estimate of drug-likeness (QED) is 0.378. The van der Waals surface area contributed by atoms with E-state index in [0.29, 0.717) is 22.1 Å². The minimum atomic E-state index is -1.21. The molecule has 0 aromatic heterocycles. The number of benzene rings is 3. The van der Waals surface area contributed by atoms with E-state index in [1.54, 1.807) is 36.4 Å². The predicted molar refractivity (Wildman–Crippen MR) is 105 cm³/mol. The number of halogens is 1. The molecule has 0 fully saturated rings. The molecular weight excluding hydrogens is 364 g/mol. The van der Waals surface area contributed by atoms with E-state index in [4.69, 9.17) is 21.1 Å². The molecule has 0 saturated heterocycles. The third kappa shape index (κ3) is 5.59. The molecule has 0 heterocycles. The van der Waals surface area contributed by atoms with Crippen molar-refractivity contribution in [3.63, 3.8) is 0 Å². The number of rotatable bonds is 7. The highest BCUT2D eigenvalue weighted by Crippen LogP contribution is 2.16. The molecule has 27 heavy (non-hydrogen) atoms. The summed E-state index contributed by atoms with van der Waals surface area (Å²) in [4.78, 5) is 12.5. The maximum atomic E-state index is 12.5. The van der Waals surface area contributed by atoms with E-state index >= 15 is 0 Å². The van der Waals surface area contributed by atoms with Gasteiger partial charge in [-0.1, -0.05) is 66.2 Å². The summed E-state index contributed by atoms with van der Waals surface area (Å²) in [5.41, 5.74) is 3.11. The van der Waals surface area contributed by atoms with Gasteiger partial charge < -0.3 is 9.47 Å². The Hall–Kier alpha value is -3.31. The lowest BCUT2D eigenvalue weighted by molar-refractivity contribution is -0.140. The number of carbonyl (C=O) groups excluding carboxylic acids is 1. The van der Waals surface area contributed by atoms with Crippen molar-refractivity contribution in [1.29, 1.82) is 0 Å². The SMILES string of the molecule is O=C(N/N=C/c1ccccc1Cl)C(Oc1ccccc1)Oc1ccccc1. The number of nitrogens with one attached hydrogen (secondary N) is 1. The molecule has 3 aromatic carbocycles. The van der Waals surface area contributed by atoms with Gasteiger partial charge in [0.2, 0.25) is 0 Å². The van der Waals surface area contributed by atoms with Crippen molar-refractivity contribution >= 4 is 23.7 Å². The first-order valence-corrected chi connectivity index (χ1v) is 8.61. The van der Waals surface area contributed by atoms with Gasteiger partial charge in [0.1, 0.15) is 11.5 Å². The van der Waals surface area contributed by atoms with Crippen molar-refractivity contribution in [2.75, 3.05) is 0 Å². The monoisotopic (exact) mass is 380 g/mol. The molecule has 0 aliphatic rings. The predicted octanol–water partition coefficient (Wildman–Crippen LogP) is 4.27. The molecule has 0 unspecified atom stereocenters. The first-order chi connectivity index (χ1) is 13.2. The van der Waals surface area contributed by atoms with E-state index in [9.17, 15) is 4.79 Å². The highest BCUT2D eigenvalue weighted by Gasteiger charge is 2.22. The highest BCUT2D eigenvalue weighted by molar-refractivity contribution is 6.33. The Balaban J connectivity index is 1.70. The summed E-state index contributed by atoms with van der Waals surface area (Å²) in [6.45, 7) is 0. The van der Waals surface area contributed by atoms with Gasteiger partial charge in [-0.05, 0) is 30.3 Å². The molecule has 3 aromatic rings. The smallest absolute Gasteiger partial charge is 0.323 e. The Morgan fingerprint density at radius 3 is 1.93 bits per heavy atom. The standard InChI is InChI=1S/C21H17ClN2O3/c22-19-14-8-7-9-16(19)15-23-24-20(25)21(26-17-10-3-1-4-11-17)27-18-12-5-2-6-13-18/h1-15,21H,(H,24,25)/b23-15+. The largest absolute Gasteiger partial charge is 0.446 e. The Bertz CT molecular complexity index is 860. The Morgan fingerprint density at radius 2 is 1.37 bits per heavy atom. The van der Waals surface area contributed by atoms with Gasteiger partial charge >= 0.3 is 12.2 Å². The zero-order chi connectivity index (χ0) is 18.9. The molecule has 136 valence electrons. The fourth-order valence-electron chi connectivity index (χ4n) is 2.17. The number of ether oxygens (including phenoxy) is 2. The van der Waals surface area contributed by atoms with Crippen LogP contribution >= 0.6 is 11.6 Å². The lowest BCUT2D eigenvalue weighted by atomic mass is 10.2. The van der Waals surface area contributed by atoms with Crippen LogP contribution in [0.1, 0.15) is 5.56 Å². The molecule has 1 N–H and O–H groups in total. The van der Waals surface area contributed by atoms with Gasteiger partial charge in [-0.15, -0.1) is 0 Å². The second kappa shape index (κ2) is 9.40. The third-order valence-electron chi connectivity index (χ3n) is 3.47. The second-order valence-electron chi connectivity index (χ2n) is 5.45. The van der Waals surface area contributed by atoms with Crippen LogP contribution in [0.5, 0.6) is 11.5 Å². The van der Waals surface area contributed by atoms with Crippen molar-refractivity contribution in [1.82, 2.24) is 5.43 Å². The van der Waals surface area contributed by atoms with Crippen LogP contribution in [-0.2, 0) is 4.79 Å². The van der Waals surface area contributed by atoms with E-state index < -0.39 is 12.2 Å². The van der Waals surface area contributed by atoms with E-state index in [1.807, 2.05) is 48.5 Å². The molecule has 0 radical (unpaired) electrons. The highest BCUT2D eigenvalue weighted by atomic mass is 35.5. The van der Waals surface area contributed by atoms with Gasteiger partial charge in [0.05, 0.1) is 6.21 Å². The summed E-state index contributed by atoms with van der Waals surface area (Å²) in [5, 5.41) is 4.47. The first-order valence-electron chi connectivity index (χ1n) is 8.23. The number of hydrogen-bond acceptors (Lipinski definition) is 4. The first kappa shape index (κ1) is 18.5. The fraction of sp³-hybridized carbons (Fsp3) is 0.0476. The number of carbonyl (C=O) groups is 1. The van der Waals surface area contributed by atoms with Crippen LogP contribution in [-0.4, -0.2) is 18.4 Å². The van der Waals surface area contributed by atoms with Gasteiger partial charge in [-0.3, -0.25) is 4.79 Å². The molecule has 0 aliphatic heterocycles. The number of nitrogens with zero attached hydrogens (tertiary/aromatic N) is 1. The van der Waals surface area contributed by atoms with E-state index in [2.05, 4.69) is 10.5 Å². The van der Waals surface area contributed by atoms with Gasteiger partial charge in [0, 0.05) is 10.6 Å². The lowest BCUT2D eigenvalue weighted by Crippen LogP contribution is -2.40. The minimum absolute atomic E-state index is 0.503. The second-order valence-corrected chi connectivity index (χ2v) is 5.86. The Kier molecular flexibility index (Phi) is 6.44. The minimum Gasteiger partial charge on any atom is -0.446 e. The number of hydrogen-bond donors (Lipinski definition) is 1. The van der Waals surface area contributed by atoms with Gasteiger partial charge in [0.15, 0.2) is 0 Å². The molecule has 3 rings (SSSR count). The molecule has 1 amide bonds. The van der Waals surface area contributed by atoms with Crippen molar-refractivity contribution in [3.05, 3.63) is 95.5 Å². The van der Waals surface area contributed by atoms with Crippen LogP contribution in [0, 0.1) is 0 Å². The zero-order valence-corrected chi connectivity index (χ0v) is 15.0. The zero-order valence-electron chi connectivity index (χ0n) is 14.3. The summed E-state index contributed by atoms with van der Waals surface area (Å²) < 4.78 is 11.3. The topological polar surface area (TPSA) is 59.9 Å². The summed E-state index contributed by atoms with van der Waals surface area (Å²) in [7, 11) is 0. The molecule has 0 atom stereocenters. The molecule has 0 spiro atoms. The molecule has 0 aliphatic carbocycles.